The maximum atomic E-state index is 11.2. The molecule has 1 aliphatic rings. The summed E-state index contributed by atoms with van der Waals surface area (Å²) in [6, 6.07) is 7.35. The molecule has 1 saturated heterocycles. The fourth-order valence-corrected chi connectivity index (χ4v) is 1.91. The molecule has 6 heteroatoms. The average Bonchev–Trinajstić information content (AvgIpc) is 2.59. The minimum Gasteiger partial charge on any atom is -0.453 e. The standard InChI is InChI=1S/C14H20BNO4/c1-13(2)14(3,4)20-15(19-13)10-7-6-8-11(9-10)16-12(17)18-5/h6-9H,1-5H3,(H,16,17). The van der Waals surface area contributed by atoms with Crippen LogP contribution in [0.1, 0.15) is 27.7 Å². The van der Waals surface area contributed by atoms with Crippen molar-refractivity contribution in [3.63, 3.8) is 0 Å². The van der Waals surface area contributed by atoms with E-state index in [4.69, 9.17) is 9.31 Å². The fourth-order valence-electron chi connectivity index (χ4n) is 1.91. The van der Waals surface area contributed by atoms with Gasteiger partial charge in [0, 0.05) is 5.69 Å². The second-order valence-electron chi connectivity index (χ2n) is 5.83. The summed E-state index contributed by atoms with van der Waals surface area (Å²) in [5.41, 5.74) is 0.731. The number of hydrogen-bond acceptors (Lipinski definition) is 4. The molecule has 0 bridgehead atoms. The lowest BCUT2D eigenvalue weighted by molar-refractivity contribution is 0.00578. The summed E-state index contributed by atoms with van der Waals surface area (Å²) in [7, 11) is 0.882. The first-order valence-electron chi connectivity index (χ1n) is 6.56. The fraction of sp³-hybridized carbons (Fsp3) is 0.500. The minimum absolute atomic E-state index is 0.385. The lowest BCUT2D eigenvalue weighted by Gasteiger charge is -2.32. The molecule has 0 aromatic heterocycles. The van der Waals surface area contributed by atoms with Gasteiger partial charge in [0.2, 0.25) is 0 Å². The van der Waals surface area contributed by atoms with Crippen LogP contribution in [0.4, 0.5) is 10.5 Å². The Balaban J connectivity index is 2.19. The van der Waals surface area contributed by atoms with Crippen LogP contribution in [-0.2, 0) is 14.0 Å². The van der Waals surface area contributed by atoms with Crippen molar-refractivity contribution in [1.82, 2.24) is 0 Å². The third-order valence-electron chi connectivity index (χ3n) is 3.84. The molecule has 1 aliphatic heterocycles. The molecule has 0 unspecified atom stereocenters. The highest BCUT2D eigenvalue weighted by Crippen LogP contribution is 2.36. The first kappa shape index (κ1) is 14.9. The lowest BCUT2D eigenvalue weighted by atomic mass is 9.79. The number of amides is 1. The largest absolute Gasteiger partial charge is 0.494 e. The Morgan fingerprint density at radius 3 is 2.35 bits per heavy atom. The van der Waals surface area contributed by atoms with Gasteiger partial charge in [0.15, 0.2) is 0 Å². The molecule has 2 rings (SSSR count). The van der Waals surface area contributed by atoms with Crippen molar-refractivity contribution < 1.29 is 18.8 Å². The number of ether oxygens (including phenoxy) is 1. The molecule has 0 saturated carbocycles. The van der Waals surface area contributed by atoms with E-state index >= 15 is 0 Å². The van der Waals surface area contributed by atoms with Crippen molar-refractivity contribution in [2.75, 3.05) is 12.4 Å². The summed E-state index contributed by atoms with van der Waals surface area (Å²) in [6.45, 7) is 8.01. The van der Waals surface area contributed by atoms with Gasteiger partial charge in [0.1, 0.15) is 0 Å². The molecule has 1 N–H and O–H groups in total. The zero-order chi connectivity index (χ0) is 15.0. The maximum Gasteiger partial charge on any atom is 0.494 e. The summed E-state index contributed by atoms with van der Waals surface area (Å²) < 4.78 is 16.5. The molecule has 0 radical (unpaired) electrons. The highest BCUT2D eigenvalue weighted by molar-refractivity contribution is 6.62. The molecule has 1 heterocycles. The Morgan fingerprint density at radius 2 is 1.80 bits per heavy atom. The van der Waals surface area contributed by atoms with Crippen LogP contribution < -0.4 is 10.8 Å². The molecule has 20 heavy (non-hydrogen) atoms. The zero-order valence-corrected chi connectivity index (χ0v) is 12.5. The van der Waals surface area contributed by atoms with Gasteiger partial charge in [0.05, 0.1) is 18.3 Å². The normalized spacial score (nSPS) is 19.8. The van der Waals surface area contributed by atoms with E-state index in [0.29, 0.717) is 5.69 Å². The molecule has 1 aromatic carbocycles. The van der Waals surface area contributed by atoms with Gasteiger partial charge in [-0.05, 0) is 45.3 Å². The van der Waals surface area contributed by atoms with Gasteiger partial charge < -0.3 is 14.0 Å². The van der Waals surface area contributed by atoms with E-state index in [1.165, 1.54) is 7.11 Å². The van der Waals surface area contributed by atoms with Crippen molar-refractivity contribution in [1.29, 1.82) is 0 Å². The predicted molar refractivity (Wildman–Crippen MR) is 78.2 cm³/mol. The Labute approximate surface area is 119 Å². The first-order chi connectivity index (χ1) is 9.25. The van der Waals surface area contributed by atoms with Crippen LogP contribution in [0.3, 0.4) is 0 Å². The molecular weight excluding hydrogens is 257 g/mol. The number of carbonyl (C=O) groups is 1. The topological polar surface area (TPSA) is 56.8 Å². The second kappa shape index (κ2) is 5.11. The van der Waals surface area contributed by atoms with Crippen LogP contribution in [0.25, 0.3) is 0 Å². The quantitative estimate of drug-likeness (QED) is 0.842. The molecule has 0 atom stereocenters. The van der Waals surface area contributed by atoms with Gasteiger partial charge in [-0.15, -0.1) is 0 Å². The van der Waals surface area contributed by atoms with E-state index < -0.39 is 13.2 Å². The van der Waals surface area contributed by atoms with Gasteiger partial charge in [-0.1, -0.05) is 12.1 Å². The van der Waals surface area contributed by atoms with Gasteiger partial charge in [-0.3, -0.25) is 5.32 Å². The number of hydrogen-bond donors (Lipinski definition) is 1. The molecular formula is C14H20BNO4. The van der Waals surface area contributed by atoms with E-state index in [9.17, 15) is 4.79 Å². The molecule has 0 aliphatic carbocycles. The highest BCUT2D eigenvalue weighted by atomic mass is 16.7. The van der Waals surface area contributed by atoms with Crippen LogP contribution in [0.15, 0.2) is 24.3 Å². The van der Waals surface area contributed by atoms with Gasteiger partial charge in [-0.2, -0.15) is 0 Å². The third-order valence-corrected chi connectivity index (χ3v) is 3.84. The van der Waals surface area contributed by atoms with Gasteiger partial charge in [0.25, 0.3) is 0 Å². The molecule has 1 amide bonds. The predicted octanol–water partition coefficient (Wildman–Crippen LogP) is 2.16. The highest BCUT2D eigenvalue weighted by Gasteiger charge is 2.51. The van der Waals surface area contributed by atoms with Crippen LogP contribution in [0.5, 0.6) is 0 Å². The number of benzene rings is 1. The third kappa shape index (κ3) is 2.81. The Morgan fingerprint density at radius 1 is 1.20 bits per heavy atom. The first-order valence-corrected chi connectivity index (χ1v) is 6.56. The number of carbonyl (C=O) groups excluding carboxylic acids is 1. The molecule has 108 valence electrons. The van der Waals surface area contributed by atoms with Crippen LogP contribution >= 0.6 is 0 Å². The Hall–Kier alpha value is -1.53. The number of methoxy groups -OCH3 is 1. The summed E-state index contributed by atoms with van der Waals surface area (Å²) in [5.74, 6) is 0. The van der Waals surface area contributed by atoms with Crippen LogP contribution in [0, 0.1) is 0 Å². The zero-order valence-electron chi connectivity index (χ0n) is 12.5. The molecule has 1 aromatic rings. The van der Waals surface area contributed by atoms with Crippen LogP contribution in [-0.4, -0.2) is 31.5 Å². The van der Waals surface area contributed by atoms with E-state index in [0.717, 1.165) is 5.46 Å². The van der Waals surface area contributed by atoms with Crippen molar-refractivity contribution in [2.24, 2.45) is 0 Å². The summed E-state index contributed by atoms with van der Waals surface area (Å²) in [6.07, 6.45) is -0.504. The number of anilines is 1. The number of nitrogens with one attached hydrogen (secondary N) is 1. The molecule has 5 nitrogen and oxygen atoms in total. The summed E-state index contributed by atoms with van der Waals surface area (Å²) in [5, 5.41) is 2.62. The lowest BCUT2D eigenvalue weighted by Crippen LogP contribution is -2.41. The van der Waals surface area contributed by atoms with Crippen molar-refractivity contribution in [3.8, 4) is 0 Å². The SMILES string of the molecule is COC(=O)Nc1cccc(B2OC(C)(C)C(C)(C)O2)c1. The summed E-state index contributed by atoms with van der Waals surface area (Å²) >= 11 is 0. The van der Waals surface area contributed by atoms with E-state index in [1.807, 2.05) is 45.9 Å². The molecule has 1 fully saturated rings. The Kier molecular flexibility index (Phi) is 3.80. The molecule has 0 spiro atoms. The van der Waals surface area contributed by atoms with Gasteiger partial charge >= 0.3 is 13.2 Å². The second-order valence-corrected chi connectivity index (χ2v) is 5.83. The van der Waals surface area contributed by atoms with Gasteiger partial charge in [-0.25, -0.2) is 4.79 Å². The smallest absolute Gasteiger partial charge is 0.453 e. The van der Waals surface area contributed by atoms with E-state index in [2.05, 4.69) is 10.1 Å². The van der Waals surface area contributed by atoms with Crippen molar-refractivity contribution in [2.45, 2.75) is 38.9 Å². The minimum atomic E-state index is -0.504. The van der Waals surface area contributed by atoms with E-state index in [-0.39, 0.29) is 11.2 Å². The van der Waals surface area contributed by atoms with Crippen molar-refractivity contribution in [3.05, 3.63) is 24.3 Å². The Bertz CT molecular complexity index is 500. The number of rotatable bonds is 2. The summed E-state index contributed by atoms with van der Waals surface area (Å²) in [4.78, 5) is 11.2. The van der Waals surface area contributed by atoms with Crippen LogP contribution in [0.2, 0.25) is 0 Å². The maximum absolute atomic E-state index is 11.2. The monoisotopic (exact) mass is 277 g/mol. The average molecular weight is 277 g/mol. The van der Waals surface area contributed by atoms with E-state index in [1.54, 1.807) is 6.07 Å². The van der Waals surface area contributed by atoms with Crippen molar-refractivity contribution >= 4 is 24.4 Å².